The van der Waals surface area contributed by atoms with Gasteiger partial charge in [-0.3, -0.25) is 9.59 Å². The molecule has 0 saturated carbocycles. The molecule has 1 aliphatic rings. The summed E-state index contributed by atoms with van der Waals surface area (Å²) in [6.07, 6.45) is 1.00. The van der Waals surface area contributed by atoms with Gasteiger partial charge in [0.05, 0.1) is 0 Å². The average Bonchev–Trinajstić information content (AvgIpc) is 3.07. The topological polar surface area (TPSA) is 52.7 Å². The van der Waals surface area contributed by atoms with Gasteiger partial charge in [-0.1, -0.05) is 26.0 Å². The molecule has 134 valence electrons. The lowest BCUT2D eigenvalue weighted by molar-refractivity contribution is -0.133. The van der Waals surface area contributed by atoms with Crippen LogP contribution >= 0.6 is 12.4 Å². The Balaban J connectivity index is 0.00000288. The number of rotatable bonds is 5. The first-order valence-corrected chi connectivity index (χ1v) is 8.22. The fourth-order valence-electron chi connectivity index (χ4n) is 2.88. The van der Waals surface area contributed by atoms with Crippen LogP contribution in [0.3, 0.4) is 0 Å². The Bertz CT molecular complexity index is 554. The Labute approximate surface area is 150 Å². The maximum atomic E-state index is 12.5. The Morgan fingerprint density at radius 2 is 1.83 bits per heavy atom. The molecular weight excluding hydrogens is 326 g/mol. The summed E-state index contributed by atoms with van der Waals surface area (Å²) < 4.78 is 0. The van der Waals surface area contributed by atoms with E-state index in [1.54, 1.807) is 4.90 Å². The molecule has 0 bridgehead atoms. The molecule has 0 aromatic heterocycles. The van der Waals surface area contributed by atoms with Crippen molar-refractivity contribution in [1.29, 1.82) is 0 Å². The summed E-state index contributed by atoms with van der Waals surface area (Å²) in [7, 11) is 3.67. The van der Waals surface area contributed by atoms with Crippen molar-refractivity contribution in [2.24, 2.45) is 5.92 Å². The normalized spacial score (nSPS) is 16.6. The molecule has 1 saturated heterocycles. The van der Waals surface area contributed by atoms with Gasteiger partial charge in [-0.15, -0.1) is 12.4 Å². The quantitative estimate of drug-likeness (QED) is 0.882. The fourth-order valence-corrected chi connectivity index (χ4v) is 2.88. The molecule has 0 spiro atoms. The summed E-state index contributed by atoms with van der Waals surface area (Å²) in [6.45, 7) is 6.19. The number of hydrogen-bond acceptors (Lipinski definition) is 3. The first kappa shape index (κ1) is 20.5. The second-order valence-electron chi connectivity index (χ2n) is 6.61. The van der Waals surface area contributed by atoms with E-state index >= 15 is 0 Å². The van der Waals surface area contributed by atoms with Gasteiger partial charge < -0.3 is 15.1 Å². The molecule has 1 unspecified atom stereocenters. The molecule has 1 fully saturated rings. The van der Waals surface area contributed by atoms with E-state index in [1.807, 2.05) is 57.1 Å². The molecule has 0 aliphatic carbocycles. The van der Waals surface area contributed by atoms with Crippen molar-refractivity contribution < 1.29 is 9.59 Å². The minimum Gasteiger partial charge on any atom is -0.341 e. The summed E-state index contributed by atoms with van der Waals surface area (Å²) in [5.74, 6) is 0.171. The lowest BCUT2D eigenvalue weighted by Crippen LogP contribution is -2.38. The van der Waals surface area contributed by atoms with Crippen LogP contribution in [-0.4, -0.2) is 54.8 Å². The van der Waals surface area contributed by atoms with Crippen LogP contribution in [0.2, 0.25) is 0 Å². The van der Waals surface area contributed by atoms with Crippen LogP contribution in [0.5, 0.6) is 0 Å². The number of amides is 2. The number of likely N-dealkylation sites (N-methyl/N-ethyl adjacent to an activating group) is 1. The Morgan fingerprint density at radius 3 is 2.33 bits per heavy atom. The van der Waals surface area contributed by atoms with E-state index in [0.29, 0.717) is 12.1 Å². The molecule has 0 radical (unpaired) electrons. The first-order chi connectivity index (χ1) is 10.9. The molecule has 6 heteroatoms. The molecule has 1 heterocycles. The molecule has 2 rings (SSSR count). The second kappa shape index (κ2) is 9.04. The molecule has 24 heavy (non-hydrogen) atoms. The highest BCUT2D eigenvalue weighted by atomic mass is 35.5. The summed E-state index contributed by atoms with van der Waals surface area (Å²) in [5.41, 5.74) is 1.73. The standard InChI is InChI=1S/C18H27N3O2.ClH/c1-13(2)17(22)20(3)12-14-5-7-15(8-6-14)18(23)21(4)16-9-10-19-11-16;/h5-8,13,16,19H,9-12H2,1-4H3;1H. The van der Waals surface area contributed by atoms with Gasteiger partial charge >= 0.3 is 0 Å². The van der Waals surface area contributed by atoms with E-state index < -0.39 is 0 Å². The van der Waals surface area contributed by atoms with Crippen LogP contribution in [0.15, 0.2) is 24.3 Å². The Kier molecular flexibility index (Phi) is 7.70. The van der Waals surface area contributed by atoms with E-state index in [0.717, 1.165) is 25.1 Å². The molecular formula is C18H28ClN3O2. The van der Waals surface area contributed by atoms with Crippen LogP contribution in [0.4, 0.5) is 0 Å². The number of nitrogens with zero attached hydrogens (tertiary/aromatic N) is 2. The lowest BCUT2D eigenvalue weighted by Gasteiger charge is -2.24. The van der Waals surface area contributed by atoms with E-state index in [2.05, 4.69) is 5.32 Å². The highest BCUT2D eigenvalue weighted by molar-refractivity contribution is 5.94. The summed E-state index contributed by atoms with van der Waals surface area (Å²) >= 11 is 0. The van der Waals surface area contributed by atoms with Gasteiger partial charge in [-0.2, -0.15) is 0 Å². The maximum Gasteiger partial charge on any atom is 0.253 e. The van der Waals surface area contributed by atoms with Gasteiger partial charge in [0.2, 0.25) is 5.91 Å². The molecule has 2 amide bonds. The van der Waals surface area contributed by atoms with Gasteiger partial charge in [-0.25, -0.2) is 0 Å². The van der Waals surface area contributed by atoms with Crippen LogP contribution in [0, 0.1) is 5.92 Å². The van der Waals surface area contributed by atoms with Gasteiger partial charge in [-0.05, 0) is 30.7 Å². The third kappa shape index (κ3) is 4.95. The number of nitrogens with one attached hydrogen (secondary N) is 1. The van der Waals surface area contributed by atoms with Crippen molar-refractivity contribution in [3.8, 4) is 0 Å². The first-order valence-electron chi connectivity index (χ1n) is 8.22. The number of halogens is 1. The van der Waals surface area contributed by atoms with Crippen molar-refractivity contribution in [3.63, 3.8) is 0 Å². The van der Waals surface area contributed by atoms with Crippen molar-refractivity contribution in [2.75, 3.05) is 27.2 Å². The number of carbonyl (C=O) groups is 2. The summed E-state index contributed by atoms with van der Waals surface area (Å²) in [6, 6.07) is 7.84. The van der Waals surface area contributed by atoms with Gasteiger partial charge in [0.1, 0.15) is 0 Å². The zero-order valence-electron chi connectivity index (χ0n) is 14.9. The third-order valence-corrected chi connectivity index (χ3v) is 4.39. The van der Waals surface area contributed by atoms with Crippen molar-refractivity contribution in [1.82, 2.24) is 15.1 Å². The van der Waals surface area contributed by atoms with E-state index in [4.69, 9.17) is 0 Å². The molecule has 1 N–H and O–H groups in total. The largest absolute Gasteiger partial charge is 0.341 e. The number of benzene rings is 1. The number of hydrogen-bond donors (Lipinski definition) is 1. The zero-order chi connectivity index (χ0) is 17.0. The summed E-state index contributed by atoms with van der Waals surface area (Å²) in [4.78, 5) is 28.0. The SMILES string of the molecule is CC(C)C(=O)N(C)Cc1ccc(C(=O)N(C)C2CCNC2)cc1.Cl. The Hall–Kier alpha value is -1.59. The predicted octanol–water partition coefficient (Wildman–Crippen LogP) is 2.16. The highest BCUT2D eigenvalue weighted by Gasteiger charge is 2.24. The summed E-state index contributed by atoms with van der Waals surface area (Å²) in [5, 5.41) is 3.28. The fraction of sp³-hybridized carbons (Fsp3) is 0.556. The molecule has 1 atom stereocenters. The lowest BCUT2D eigenvalue weighted by atomic mass is 10.1. The van der Waals surface area contributed by atoms with Crippen LogP contribution in [-0.2, 0) is 11.3 Å². The zero-order valence-corrected chi connectivity index (χ0v) is 15.7. The molecule has 1 aliphatic heterocycles. The minimum absolute atomic E-state index is 0. The molecule has 5 nitrogen and oxygen atoms in total. The van der Waals surface area contributed by atoms with Gasteiger partial charge in [0, 0.05) is 44.7 Å². The van der Waals surface area contributed by atoms with E-state index in [-0.39, 0.29) is 36.2 Å². The van der Waals surface area contributed by atoms with Crippen molar-refractivity contribution >= 4 is 24.2 Å². The number of carbonyl (C=O) groups excluding carboxylic acids is 2. The second-order valence-corrected chi connectivity index (χ2v) is 6.61. The van der Waals surface area contributed by atoms with Crippen molar-refractivity contribution in [3.05, 3.63) is 35.4 Å². The Morgan fingerprint density at radius 1 is 1.21 bits per heavy atom. The maximum absolute atomic E-state index is 12.5. The van der Waals surface area contributed by atoms with Crippen LogP contribution in [0.25, 0.3) is 0 Å². The van der Waals surface area contributed by atoms with E-state index in [1.165, 1.54) is 0 Å². The predicted molar refractivity (Wildman–Crippen MR) is 98.4 cm³/mol. The average molecular weight is 354 g/mol. The monoisotopic (exact) mass is 353 g/mol. The van der Waals surface area contributed by atoms with Gasteiger partial charge in [0.15, 0.2) is 0 Å². The minimum atomic E-state index is -0.00507. The molecule has 1 aromatic carbocycles. The van der Waals surface area contributed by atoms with Crippen LogP contribution < -0.4 is 5.32 Å². The van der Waals surface area contributed by atoms with Crippen molar-refractivity contribution in [2.45, 2.75) is 32.9 Å². The molecule has 1 aromatic rings. The third-order valence-electron chi connectivity index (χ3n) is 4.39. The van der Waals surface area contributed by atoms with E-state index in [9.17, 15) is 9.59 Å². The highest BCUT2D eigenvalue weighted by Crippen LogP contribution is 2.14. The van der Waals surface area contributed by atoms with Crippen LogP contribution in [0.1, 0.15) is 36.2 Å². The smallest absolute Gasteiger partial charge is 0.253 e. The van der Waals surface area contributed by atoms with Gasteiger partial charge in [0.25, 0.3) is 5.91 Å².